The van der Waals surface area contributed by atoms with Gasteiger partial charge in [0.1, 0.15) is 11.6 Å². The number of halogens is 1. The second-order valence-corrected chi connectivity index (χ2v) is 3.40. The molecule has 17 heavy (non-hydrogen) atoms. The summed E-state index contributed by atoms with van der Waals surface area (Å²) in [7, 11) is 1.28. The summed E-state index contributed by atoms with van der Waals surface area (Å²) in [4.78, 5) is 21.2. The molecule has 0 aliphatic heterocycles. The summed E-state index contributed by atoms with van der Waals surface area (Å²) in [5.41, 5.74) is 0.243. The molecule has 5 nitrogen and oxygen atoms in total. The van der Waals surface area contributed by atoms with Crippen LogP contribution >= 0.6 is 0 Å². The zero-order chi connectivity index (χ0) is 13.0. The lowest BCUT2D eigenvalue weighted by Crippen LogP contribution is -2.08. The van der Waals surface area contributed by atoms with Gasteiger partial charge in [-0.2, -0.15) is 0 Å². The molecule has 1 aromatic carbocycles. The number of methoxy groups -OCH3 is 1. The van der Waals surface area contributed by atoms with E-state index >= 15 is 0 Å². The van der Waals surface area contributed by atoms with E-state index < -0.39 is 30.6 Å². The molecule has 6 heteroatoms. The molecule has 1 rings (SSSR count). The summed E-state index contributed by atoms with van der Waals surface area (Å²) in [6.45, 7) is 0. The van der Waals surface area contributed by atoms with E-state index in [1.54, 1.807) is 0 Å². The Bertz CT molecular complexity index is 418. The Hall–Kier alpha value is -2.11. The van der Waals surface area contributed by atoms with Gasteiger partial charge in [0.05, 0.1) is 20.0 Å². The third kappa shape index (κ3) is 3.44. The van der Waals surface area contributed by atoms with Crippen molar-refractivity contribution in [1.82, 2.24) is 0 Å². The van der Waals surface area contributed by atoms with Gasteiger partial charge in [-0.15, -0.1) is 0 Å². The highest BCUT2D eigenvalue weighted by Gasteiger charge is 2.16. The van der Waals surface area contributed by atoms with Crippen LogP contribution in [0.1, 0.15) is 11.1 Å². The van der Waals surface area contributed by atoms with E-state index in [1.165, 1.54) is 7.11 Å². The van der Waals surface area contributed by atoms with Crippen LogP contribution in [0.2, 0.25) is 0 Å². The number of aliphatic carboxylic acids is 2. The molecule has 0 saturated carbocycles. The Morgan fingerprint density at radius 2 is 1.59 bits per heavy atom. The van der Waals surface area contributed by atoms with Crippen molar-refractivity contribution in [2.45, 2.75) is 12.8 Å². The Balaban J connectivity index is 3.24. The molecule has 0 spiro atoms. The molecule has 2 N–H and O–H groups in total. The summed E-state index contributed by atoms with van der Waals surface area (Å²) >= 11 is 0. The number of ether oxygens (including phenoxy) is 1. The second-order valence-electron chi connectivity index (χ2n) is 3.40. The Morgan fingerprint density at radius 3 is 1.88 bits per heavy atom. The van der Waals surface area contributed by atoms with Crippen LogP contribution in [-0.2, 0) is 22.4 Å². The van der Waals surface area contributed by atoms with Gasteiger partial charge in [-0.1, -0.05) is 0 Å². The van der Waals surface area contributed by atoms with Gasteiger partial charge in [0.15, 0.2) is 0 Å². The molecule has 0 radical (unpaired) electrons. The number of hydrogen-bond donors (Lipinski definition) is 2. The Morgan fingerprint density at radius 1 is 1.18 bits per heavy atom. The molecular formula is C11H11FO5. The number of carbonyl (C=O) groups is 2. The first-order valence-electron chi connectivity index (χ1n) is 4.73. The van der Waals surface area contributed by atoms with E-state index in [4.69, 9.17) is 14.9 Å². The summed E-state index contributed by atoms with van der Waals surface area (Å²) in [5.74, 6) is -2.86. The van der Waals surface area contributed by atoms with Crippen molar-refractivity contribution in [3.8, 4) is 5.75 Å². The fourth-order valence-corrected chi connectivity index (χ4v) is 1.56. The topological polar surface area (TPSA) is 83.8 Å². The summed E-state index contributed by atoms with van der Waals surface area (Å²) < 4.78 is 18.1. The van der Waals surface area contributed by atoms with Crippen molar-refractivity contribution in [2.24, 2.45) is 0 Å². The van der Waals surface area contributed by atoms with Gasteiger partial charge in [0.25, 0.3) is 0 Å². The highest BCUT2D eigenvalue weighted by molar-refractivity contribution is 5.74. The molecule has 0 unspecified atom stereocenters. The Kier molecular flexibility index (Phi) is 4.03. The third-order valence-corrected chi connectivity index (χ3v) is 2.10. The molecule has 0 bridgehead atoms. The standard InChI is InChI=1S/C11H11FO5/c1-17-11-6(4-9(13)14)2-8(12)3-7(11)5-10(15)16/h2-3H,4-5H2,1H3,(H,13,14)(H,15,16). The fourth-order valence-electron chi connectivity index (χ4n) is 1.56. The lowest BCUT2D eigenvalue weighted by atomic mass is 10.0. The minimum Gasteiger partial charge on any atom is -0.496 e. The highest BCUT2D eigenvalue weighted by Crippen LogP contribution is 2.26. The second kappa shape index (κ2) is 5.29. The third-order valence-electron chi connectivity index (χ3n) is 2.10. The average Bonchev–Trinajstić information content (AvgIpc) is 2.14. The van der Waals surface area contributed by atoms with Crippen molar-refractivity contribution in [3.05, 3.63) is 29.1 Å². The maximum atomic E-state index is 13.2. The van der Waals surface area contributed by atoms with Gasteiger partial charge >= 0.3 is 11.9 Å². The van der Waals surface area contributed by atoms with Crippen LogP contribution in [0.15, 0.2) is 12.1 Å². The monoisotopic (exact) mass is 242 g/mol. The molecule has 0 aliphatic carbocycles. The molecule has 0 fully saturated rings. The minimum atomic E-state index is -1.14. The largest absolute Gasteiger partial charge is 0.496 e. The lowest BCUT2D eigenvalue weighted by molar-refractivity contribution is -0.137. The van der Waals surface area contributed by atoms with E-state index in [1.807, 2.05) is 0 Å². The maximum absolute atomic E-state index is 13.2. The molecule has 92 valence electrons. The van der Waals surface area contributed by atoms with Crippen LogP contribution in [0.3, 0.4) is 0 Å². The summed E-state index contributed by atoms with van der Waals surface area (Å²) in [6.07, 6.45) is -0.846. The first kappa shape index (κ1) is 13.0. The molecule has 0 atom stereocenters. The molecule has 0 saturated heterocycles. The van der Waals surface area contributed by atoms with Gasteiger partial charge in [0, 0.05) is 11.1 Å². The zero-order valence-corrected chi connectivity index (χ0v) is 9.07. The minimum absolute atomic E-state index is 0.108. The molecule has 1 aromatic rings. The highest BCUT2D eigenvalue weighted by atomic mass is 19.1. The van der Waals surface area contributed by atoms with Gasteiger partial charge in [-0.25, -0.2) is 4.39 Å². The van der Waals surface area contributed by atoms with Crippen LogP contribution < -0.4 is 4.74 Å². The van der Waals surface area contributed by atoms with Crippen LogP contribution in [0.5, 0.6) is 5.75 Å². The SMILES string of the molecule is COc1c(CC(=O)O)cc(F)cc1CC(=O)O. The van der Waals surface area contributed by atoms with E-state index in [-0.39, 0.29) is 16.9 Å². The number of carboxylic acids is 2. The summed E-state index contributed by atoms with van der Waals surface area (Å²) in [5, 5.41) is 17.3. The zero-order valence-electron chi connectivity index (χ0n) is 9.07. The number of benzene rings is 1. The predicted octanol–water partition coefficient (Wildman–Crippen LogP) is 1.09. The van der Waals surface area contributed by atoms with Gasteiger partial charge in [-0.05, 0) is 12.1 Å². The van der Waals surface area contributed by atoms with Gasteiger partial charge in [0.2, 0.25) is 0 Å². The number of hydrogen-bond acceptors (Lipinski definition) is 3. The van der Waals surface area contributed by atoms with Crippen molar-refractivity contribution < 1.29 is 28.9 Å². The molecule has 0 aromatic heterocycles. The van der Waals surface area contributed by atoms with Crippen molar-refractivity contribution >= 4 is 11.9 Å². The van der Waals surface area contributed by atoms with Crippen LogP contribution in [0.25, 0.3) is 0 Å². The average molecular weight is 242 g/mol. The maximum Gasteiger partial charge on any atom is 0.307 e. The van der Waals surface area contributed by atoms with Crippen molar-refractivity contribution in [2.75, 3.05) is 7.11 Å². The van der Waals surface area contributed by atoms with E-state index in [0.717, 1.165) is 12.1 Å². The van der Waals surface area contributed by atoms with E-state index in [9.17, 15) is 14.0 Å². The van der Waals surface area contributed by atoms with Crippen LogP contribution in [-0.4, -0.2) is 29.3 Å². The molecule has 0 amide bonds. The first-order chi connectivity index (χ1) is 7.93. The fraction of sp³-hybridized carbons (Fsp3) is 0.273. The number of rotatable bonds is 5. The van der Waals surface area contributed by atoms with E-state index in [0.29, 0.717) is 0 Å². The Labute approximate surface area is 96.4 Å². The van der Waals surface area contributed by atoms with Gasteiger partial charge < -0.3 is 14.9 Å². The smallest absolute Gasteiger partial charge is 0.307 e. The summed E-state index contributed by atoms with van der Waals surface area (Å²) in [6, 6.07) is 2.05. The quantitative estimate of drug-likeness (QED) is 0.807. The molecule has 0 aliphatic rings. The molecule has 0 heterocycles. The first-order valence-corrected chi connectivity index (χ1v) is 4.73. The van der Waals surface area contributed by atoms with Crippen molar-refractivity contribution in [1.29, 1.82) is 0 Å². The van der Waals surface area contributed by atoms with Crippen LogP contribution in [0.4, 0.5) is 4.39 Å². The van der Waals surface area contributed by atoms with Crippen LogP contribution in [0, 0.1) is 5.82 Å². The van der Waals surface area contributed by atoms with Gasteiger partial charge in [-0.3, -0.25) is 9.59 Å². The normalized spacial score (nSPS) is 10.0. The lowest BCUT2D eigenvalue weighted by Gasteiger charge is -2.11. The predicted molar refractivity (Wildman–Crippen MR) is 55.6 cm³/mol. The van der Waals surface area contributed by atoms with Crippen molar-refractivity contribution in [3.63, 3.8) is 0 Å². The molecular weight excluding hydrogens is 231 g/mol. The number of carboxylic acid groups (broad SMARTS) is 2. The van der Waals surface area contributed by atoms with E-state index in [2.05, 4.69) is 0 Å².